The number of nitrogens with zero attached hydrogens (tertiary/aromatic N) is 3. The summed E-state index contributed by atoms with van der Waals surface area (Å²) in [4.78, 5) is 24.8. The summed E-state index contributed by atoms with van der Waals surface area (Å²) in [5.74, 6) is 0.489. The maximum Gasteiger partial charge on any atom is 0.253 e. The summed E-state index contributed by atoms with van der Waals surface area (Å²) >= 11 is 6.54. The third-order valence-electron chi connectivity index (χ3n) is 6.94. The van der Waals surface area contributed by atoms with Gasteiger partial charge >= 0.3 is 0 Å². The number of ether oxygens (including phenoxy) is 1. The van der Waals surface area contributed by atoms with E-state index in [1.54, 1.807) is 12.3 Å². The van der Waals surface area contributed by atoms with Gasteiger partial charge in [0.15, 0.2) is 0 Å². The number of benzene rings is 3. The molecule has 0 aliphatic heterocycles. The minimum Gasteiger partial charge on any atom is -0.486 e. The highest BCUT2D eigenvalue weighted by Crippen LogP contribution is 2.31. The predicted molar refractivity (Wildman–Crippen MR) is 163 cm³/mol. The Balaban J connectivity index is 1.21. The van der Waals surface area contributed by atoms with E-state index in [9.17, 15) is 4.79 Å². The Kier molecular flexibility index (Phi) is 7.52. The minimum atomic E-state index is -0.258. The van der Waals surface area contributed by atoms with Crippen LogP contribution in [0.5, 0.6) is 5.75 Å². The topological polar surface area (TPSA) is 84.8 Å². The second kappa shape index (κ2) is 11.7. The van der Waals surface area contributed by atoms with Crippen molar-refractivity contribution in [2.24, 2.45) is 0 Å². The minimum absolute atomic E-state index is 0.174. The summed E-state index contributed by atoms with van der Waals surface area (Å²) in [5.41, 5.74) is 6.04. The van der Waals surface area contributed by atoms with Crippen molar-refractivity contribution in [1.82, 2.24) is 19.5 Å². The Bertz CT molecular complexity index is 1850. The number of pyridine rings is 2. The Morgan fingerprint density at radius 3 is 2.68 bits per heavy atom. The molecule has 3 aromatic carbocycles. The number of hydrogen-bond acceptors (Lipinski definition) is 5. The molecule has 0 amide bonds. The lowest BCUT2D eigenvalue weighted by atomic mass is 10.1. The van der Waals surface area contributed by atoms with Crippen molar-refractivity contribution >= 4 is 28.2 Å². The number of hydrogen-bond donors (Lipinski definition) is 2. The number of fused-ring (bicyclic) bond motifs is 1. The Hall–Kier alpha value is -4.88. The van der Waals surface area contributed by atoms with Crippen molar-refractivity contribution in [2.75, 3.05) is 5.32 Å². The molecule has 0 saturated carbocycles. The molecule has 0 aliphatic carbocycles. The van der Waals surface area contributed by atoms with E-state index in [2.05, 4.69) is 49.1 Å². The zero-order valence-electron chi connectivity index (χ0n) is 22.4. The van der Waals surface area contributed by atoms with Crippen LogP contribution in [0.2, 0.25) is 5.02 Å². The van der Waals surface area contributed by atoms with Crippen LogP contribution in [0.1, 0.15) is 29.8 Å². The van der Waals surface area contributed by atoms with Crippen molar-refractivity contribution in [1.29, 1.82) is 0 Å². The molecule has 3 aromatic heterocycles. The highest BCUT2D eigenvalue weighted by atomic mass is 35.5. The van der Waals surface area contributed by atoms with Crippen molar-refractivity contribution in [3.63, 3.8) is 0 Å². The molecule has 1 unspecified atom stereocenters. The third kappa shape index (κ3) is 6.00. The van der Waals surface area contributed by atoms with E-state index in [1.807, 2.05) is 80.1 Å². The summed E-state index contributed by atoms with van der Waals surface area (Å²) < 4.78 is 8.00. The fraction of sp³-hybridized carbons (Fsp3) is 0.121. The predicted octanol–water partition coefficient (Wildman–Crippen LogP) is 7.24. The van der Waals surface area contributed by atoms with Gasteiger partial charge in [-0.1, -0.05) is 60.1 Å². The number of halogens is 1. The number of anilines is 1. The van der Waals surface area contributed by atoms with Crippen LogP contribution < -0.4 is 15.6 Å². The van der Waals surface area contributed by atoms with E-state index in [0.29, 0.717) is 21.9 Å². The van der Waals surface area contributed by atoms with Gasteiger partial charge in [-0.3, -0.25) is 9.78 Å². The first-order valence-electron chi connectivity index (χ1n) is 13.3. The van der Waals surface area contributed by atoms with Crippen molar-refractivity contribution in [2.45, 2.75) is 26.1 Å². The quantitative estimate of drug-likeness (QED) is 0.194. The summed E-state index contributed by atoms with van der Waals surface area (Å²) in [6.45, 7) is 2.98. The highest BCUT2D eigenvalue weighted by Gasteiger charge is 2.15. The number of nitrogens with one attached hydrogen (secondary N) is 2. The van der Waals surface area contributed by atoms with E-state index in [4.69, 9.17) is 16.3 Å². The highest BCUT2D eigenvalue weighted by molar-refractivity contribution is 6.32. The van der Waals surface area contributed by atoms with Gasteiger partial charge in [0.05, 0.1) is 40.5 Å². The Morgan fingerprint density at radius 2 is 1.85 bits per heavy atom. The van der Waals surface area contributed by atoms with Gasteiger partial charge in [-0.15, -0.1) is 0 Å². The largest absolute Gasteiger partial charge is 0.486 e. The number of aromatic nitrogens is 4. The SMILES string of the molecule is CC(Nc1cccc(-c2cncn2Cc2ccccc2)c1)c1cc2cc(Cl)c(OCc3ccccn3)cc2[nH]c1=O. The molecular weight excluding hydrogens is 534 g/mol. The smallest absolute Gasteiger partial charge is 0.253 e. The number of H-pyrrole nitrogens is 1. The van der Waals surface area contributed by atoms with Gasteiger partial charge < -0.3 is 19.6 Å². The standard InChI is InChI=1S/C33H28ClN5O2/c1-22(37-26-12-7-10-24(14-26)31-18-35-21-39(31)19-23-8-3-2-4-9-23)28-15-25-16-29(34)32(17-30(25)38-33(28)40)41-20-27-11-5-6-13-36-27/h2-18,21-22,37H,19-20H2,1H3,(H,38,40). The lowest BCUT2D eigenvalue weighted by Crippen LogP contribution is -2.19. The van der Waals surface area contributed by atoms with Gasteiger partial charge in [0.2, 0.25) is 0 Å². The molecule has 0 bridgehead atoms. The molecule has 3 heterocycles. The van der Waals surface area contributed by atoms with Gasteiger partial charge in [-0.2, -0.15) is 0 Å². The first-order chi connectivity index (χ1) is 20.0. The molecule has 204 valence electrons. The van der Waals surface area contributed by atoms with E-state index in [-0.39, 0.29) is 18.2 Å². The molecule has 0 saturated heterocycles. The molecule has 0 spiro atoms. The van der Waals surface area contributed by atoms with Crippen molar-refractivity contribution in [3.8, 4) is 17.0 Å². The monoisotopic (exact) mass is 561 g/mol. The van der Waals surface area contributed by atoms with Crippen LogP contribution in [0.3, 0.4) is 0 Å². The molecule has 8 heteroatoms. The molecular formula is C33H28ClN5O2. The van der Waals surface area contributed by atoms with Crippen LogP contribution in [-0.2, 0) is 13.2 Å². The van der Waals surface area contributed by atoms with Crippen LogP contribution >= 0.6 is 11.6 Å². The average molecular weight is 562 g/mol. The first-order valence-corrected chi connectivity index (χ1v) is 13.7. The lowest BCUT2D eigenvalue weighted by Gasteiger charge is -2.17. The van der Waals surface area contributed by atoms with Gasteiger partial charge in [0, 0.05) is 41.0 Å². The van der Waals surface area contributed by atoms with Crippen LogP contribution in [-0.4, -0.2) is 19.5 Å². The number of aromatic amines is 1. The normalized spacial score (nSPS) is 11.9. The molecule has 7 nitrogen and oxygen atoms in total. The first kappa shape index (κ1) is 26.3. The second-order valence-corrected chi connectivity index (χ2v) is 10.3. The number of rotatable bonds is 9. The molecule has 0 fully saturated rings. The molecule has 2 N–H and O–H groups in total. The maximum absolute atomic E-state index is 13.1. The third-order valence-corrected chi connectivity index (χ3v) is 7.24. The molecule has 0 radical (unpaired) electrons. The number of imidazole rings is 1. The lowest BCUT2D eigenvalue weighted by molar-refractivity contribution is 0.302. The molecule has 0 aliphatic rings. The van der Waals surface area contributed by atoms with E-state index in [1.165, 1.54) is 5.56 Å². The maximum atomic E-state index is 13.1. The Labute approximate surface area is 242 Å². The van der Waals surface area contributed by atoms with Gasteiger partial charge in [0.25, 0.3) is 5.56 Å². The molecule has 6 aromatic rings. The summed E-state index contributed by atoms with van der Waals surface area (Å²) in [5, 5.41) is 4.77. The fourth-order valence-corrected chi connectivity index (χ4v) is 5.08. The fourth-order valence-electron chi connectivity index (χ4n) is 4.85. The van der Waals surface area contributed by atoms with Crippen LogP contribution in [0.25, 0.3) is 22.2 Å². The van der Waals surface area contributed by atoms with Gasteiger partial charge in [-0.05, 0) is 48.9 Å². The van der Waals surface area contributed by atoms with Crippen LogP contribution in [0.4, 0.5) is 5.69 Å². The van der Waals surface area contributed by atoms with E-state index < -0.39 is 0 Å². The summed E-state index contributed by atoms with van der Waals surface area (Å²) in [7, 11) is 0. The molecule has 6 rings (SSSR count). The molecule has 1 atom stereocenters. The van der Waals surface area contributed by atoms with Gasteiger partial charge in [0.1, 0.15) is 12.4 Å². The average Bonchev–Trinajstić information content (AvgIpc) is 3.45. The van der Waals surface area contributed by atoms with E-state index >= 15 is 0 Å². The second-order valence-electron chi connectivity index (χ2n) is 9.87. The van der Waals surface area contributed by atoms with Crippen molar-refractivity contribution in [3.05, 3.63) is 142 Å². The Morgan fingerprint density at radius 1 is 1.00 bits per heavy atom. The van der Waals surface area contributed by atoms with Gasteiger partial charge in [-0.25, -0.2) is 4.98 Å². The van der Waals surface area contributed by atoms with Crippen molar-refractivity contribution < 1.29 is 4.74 Å². The zero-order chi connectivity index (χ0) is 28.2. The zero-order valence-corrected chi connectivity index (χ0v) is 23.2. The summed E-state index contributed by atoms with van der Waals surface area (Å²) in [6.07, 6.45) is 5.43. The van der Waals surface area contributed by atoms with Crippen LogP contribution in [0.15, 0.2) is 115 Å². The summed E-state index contributed by atoms with van der Waals surface area (Å²) in [6, 6.07) is 29.3. The van der Waals surface area contributed by atoms with E-state index in [0.717, 1.165) is 34.6 Å². The van der Waals surface area contributed by atoms with Crippen LogP contribution in [0, 0.1) is 0 Å². The molecule has 41 heavy (non-hydrogen) atoms.